The molecule has 1 heterocycles. The minimum absolute atomic E-state index is 0.0891. The Morgan fingerprint density at radius 1 is 1.35 bits per heavy atom. The molecule has 0 bridgehead atoms. The summed E-state index contributed by atoms with van der Waals surface area (Å²) in [4.78, 5) is 14.0. The molecule has 2 rings (SSSR count). The number of aromatic nitrogens is 1. The largest absolute Gasteiger partial charge is 0.375 e. The number of hydrogen-bond acceptors (Lipinski definition) is 7. The second kappa shape index (κ2) is 4.66. The van der Waals surface area contributed by atoms with E-state index in [4.69, 9.17) is 5.73 Å². The summed E-state index contributed by atoms with van der Waals surface area (Å²) in [5, 5.41) is 19.2. The van der Waals surface area contributed by atoms with Gasteiger partial charge >= 0.3 is 0 Å². The number of hydrogen-bond donors (Lipinski definition) is 1. The molecule has 0 radical (unpaired) electrons. The van der Waals surface area contributed by atoms with E-state index in [0.29, 0.717) is 10.1 Å². The van der Waals surface area contributed by atoms with Crippen LogP contribution in [0.3, 0.4) is 0 Å². The van der Waals surface area contributed by atoms with Crippen LogP contribution in [0.15, 0.2) is 40.7 Å². The topological polar surface area (TPSA) is 107 Å². The van der Waals surface area contributed by atoms with Crippen LogP contribution >= 0.6 is 11.3 Å². The van der Waals surface area contributed by atoms with Crippen LogP contribution in [-0.2, 0) is 0 Å². The molecule has 0 aliphatic heterocycles. The van der Waals surface area contributed by atoms with Gasteiger partial charge in [0.15, 0.2) is 15.8 Å². The second-order valence-corrected chi connectivity index (χ2v) is 4.02. The average Bonchev–Trinajstić information content (AvgIpc) is 2.73. The second-order valence-electron chi connectivity index (χ2n) is 2.98. The molecule has 0 aliphatic carbocycles. The van der Waals surface area contributed by atoms with Gasteiger partial charge in [-0.1, -0.05) is 23.5 Å². The van der Waals surface area contributed by atoms with E-state index in [1.54, 1.807) is 12.1 Å². The minimum Gasteiger partial charge on any atom is -0.375 e. The van der Waals surface area contributed by atoms with Crippen LogP contribution in [0.2, 0.25) is 0 Å². The van der Waals surface area contributed by atoms with Crippen LogP contribution in [-0.4, -0.2) is 9.91 Å². The first-order chi connectivity index (χ1) is 8.16. The quantitative estimate of drug-likeness (QED) is 0.512. The van der Waals surface area contributed by atoms with Crippen molar-refractivity contribution in [1.82, 2.24) is 4.98 Å². The van der Waals surface area contributed by atoms with Gasteiger partial charge in [-0.25, -0.2) is 4.98 Å². The SMILES string of the molecule is Nc1ncc(N=Nc2ccccc2[N+](=O)[O-])s1. The van der Waals surface area contributed by atoms with Gasteiger partial charge < -0.3 is 5.73 Å². The third-order valence-corrected chi connectivity index (χ3v) is 2.56. The van der Waals surface area contributed by atoms with Gasteiger partial charge in [0.1, 0.15) is 0 Å². The zero-order chi connectivity index (χ0) is 12.3. The summed E-state index contributed by atoms with van der Waals surface area (Å²) in [5.41, 5.74) is 5.53. The van der Waals surface area contributed by atoms with Crippen LogP contribution in [0, 0.1) is 10.1 Å². The number of nitro groups is 1. The van der Waals surface area contributed by atoms with E-state index in [1.165, 1.54) is 18.3 Å². The zero-order valence-corrected chi connectivity index (χ0v) is 9.29. The maximum atomic E-state index is 10.7. The van der Waals surface area contributed by atoms with Crippen LogP contribution < -0.4 is 5.73 Å². The fourth-order valence-electron chi connectivity index (χ4n) is 1.13. The third-order valence-electron chi connectivity index (χ3n) is 1.85. The molecule has 0 aliphatic rings. The van der Waals surface area contributed by atoms with E-state index in [9.17, 15) is 10.1 Å². The molecule has 1 aromatic carbocycles. The molecule has 2 N–H and O–H groups in total. The Bertz CT molecular complexity index is 580. The maximum absolute atomic E-state index is 10.7. The lowest BCUT2D eigenvalue weighted by atomic mass is 10.3. The normalized spacial score (nSPS) is 10.8. The Labute approximate surface area is 99.8 Å². The molecule has 2 aromatic rings. The van der Waals surface area contributed by atoms with Crippen LogP contribution in [0.5, 0.6) is 0 Å². The lowest BCUT2D eigenvalue weighted by molar-refractivity contribution is -0.384. The van der Waals surface area contributed by atoms with E-state index in [-0.39, 0.29) is 11.4 Å². The molecular formula is C9H7N5O2S. The molecule has 0 spiro atoms. The van der Waals surface area contributed by atoms with E-state index < -0.39 is 4.92 Å². The number of para-hydroxylation sites is 1. The van der Waals surface area contributed by atoms with Crippen molar-refractivity contribution in [3.05, 3.63) is 40.6 Å². The van der Waals surface area contributed by atoms with Gasteiger partial charge in [-0.3, -0.25) is 10.1 Å². The van der Waals surface area contributed by atoms with Crippen molar-refractivity contribution >= 4 is 32.8 Å². The number of nitrogens with two attached hydrogens (primary N) is 1. The molecule has 0 fully saturated rings. The monoisotopic (exact) mass is 249 g/mol. The summed E-state index contributed by atoms with van der Waals surface area (Å²) in [6.07, 6.45) is 1.46. The molecule has 86 valence electrons. The molecule has 17 heavy (non-hydrogen) atoms. The highest BCUT2D eigenvalue weighted by molar-refractivity contribution is 7.18. The number of anilines is 1. The van der Waals surface area contributed by atoms with Crippen molar-refractivity contribution in [3.63, 3.8) is 0 Å². The van der Waals surface area contributed by atoms with Gasteiger partial charge in [0.2, 0.25) is 0 Å². The Hall–Kier alpha value is -2.35. The van der Waals surface area contributed by atoms with Crippen molar-refractivity contribution < 1.29 is 4.92 Å². The fraction of sp³-hybridized carbons (Fsp3) is 0. The lowest BCUT2D eigenvalue weighted by Gasteiger charge is -1.93. The van der Waals surface area contributed by atoms with Gasteiger partial charge in [0, 0.05) is 6.07 Å². The summed E-state index contributed by atoms with van der Waals surface area (Å²) in [6.45, 7) is 0. The average molecular weight is 249 g/mol. The summed E-state index contributed by atoms with van der Waals surface area (Å²) >= 11 is 1.16. The van der Waals surface area contributed by atoms with Crippen molar-refractivity contribution in [1.29, 1.82) is 0 Å². The lowest BCUT2D eigenvalue weighted by Crippen LogP contribution is -1.86. The van der Waals surface area contributed by atoms with E-state index in [0.717, 1.165) is 11.3 Å². The highest BCUT2D eigenvalue weighted by Gasteiger charge is 2.11. The highest BCUT2D eigenvalue weighted by atomic mass is 32.1. The zero-order valence-electron chi connectivity index (χ0n) is 8.48. The first kappa shape index (κ1) is 11.1. The van der Waals surface area contributed by atoms with Crippen LogP contribution in [0.25, 0.3) is 0 Å². The van der Waals surface area contributed by atoms with Crippen molar-refractivity contribution in [2.75, 3.05) is 5.73 Å². The number of nitro benzene ring substituents is 1. The molecule has 1 aromatic heterocycles. The first-order valence-corrected chi connectivity index (χ1v) is 5.35. The van der Waals surface area contributed by atoms with Gasteiger partial charge in [-0.15, -0.1) is 10.2 Å². The first-order valence-electron chi connectivity index (χ1n) is 4.53. The number of azo groups is 1. The van der Waals surface area contributed by atoms with Gasteiger partial charge in [-0.05, 0) is 6.07 Å². The van der Waals surface area contributed by atoms with E-state index in [1.807, 2.05) is 0 Å². The summed E-state index contributed by atoms with van der Waals surface area (Å²) in [7, 11) is 0. The molecule has 7 nitrogen and oxygen atoms in total. The summed E-state index contributed by atoms with van der Waals surface area (Å²) in [5.74, 6) is 0. The smallest absolute Gasteiger partial charge is 0.296 e. The predicted molar refractivity (Wildman–Crippen MR) is 63.8 cm³/mol. The minimum atomic E-state index is -0.505. The Kier molecular flexibility index (Phi) is 3.06. The van der Waals surface area contributed by atoms with Gasteiger partial charge in [0.05, 0.1) is 11.1 Å². The molecule has 0 saturated carbocycles. The van der Waals surface area contributed by atoms with E-state index >= 15 is 0 Å². The van der Waals surface area contributed by atoms with Crippen LogP contribution in [0.1, 0.15) is 0 Å². The maximum Gasteiger partial charge on any atom is 0.296 e. The summed E-state index contributed by atoms with van der Waals surface area (Å²) in [6, 6.07) is 6.12. The van der Waals surface area contributed by atoms with Crippen molar-refractivity contribution in [3.8, 4) is 0 Å². The standard InChI is InChI=1S/C9H7N5O2S/c10-9-11-5-8(17-9)13-12-6-3-1-2-4-7(6)14(15)16/h1-5H,(H2,10,11). The highest BCUT2D eigenvalue weighted by Crippen LogP contribution is 2.30. The Balaban J connectivity index is 2.30. The molecule has 0 saturated heterocycles. The van der Waals surface area contributed by atoms with Crippen LogP contribution in [0.4, 0.5) is 21.5 Å². The predicted octanol–water partition coefficient (Wildman–Crippen LogP) is 3.05. The summed E-state index contributed by atoms with van der Waals surface area (Å²) < 4.78 is 0. The molecular weight excluding hydrogens is 242 g/mol. The van der Waals surface area contributed by atoms with Gasteiger partial charge in [-0.2, -0.15) is 0 Å². The number of thiazole rings is 1. The molecule has 0 amide bonds. The van der Waals surface area contributed by atoms with E-state index in [2.05, 4.69) is 15.2 Å². The molecule has 0 unspecified atom stereocenters. The molecule has 0 atom stereocenters. The third kappa shape index (κ3) is 2.61. The van der Waals surface area contributed by atoms with Gasteiger partial charge in [0.25, 0.3) is 5.69 Å². The number of nitrogens with zero attached hydrogens (tertiary/aromatic N) is 4. The number of nitrogen functional groups attached to an aromatic ring is 1. The number of benzene rings is 1. The number of rotatable bonds is 3. The Morgan fingerprint density at radius 2 is 2.12 bits per heavy atom. The fourth-order valence-corrected chi connectivity index (χ4v) is 1.64. The Morgan fingerprint density at radius 3 is 2.76 bits per heavy atom. The van der Waals surface area contributed by atoms with Crippen molar-refractivity contribution in [2.45, 2.75) is 0 Å². The molecule has 8 heteroatoms. The van der Waals surface area contributed by atoms with Crippen molar-refractivity contribution in [2.24, 2.45) is 10.2 Å².